The van der Waals surface area contributed by atoms with Gasteiger partial charge in [0.25, 0.3) is 0 Å². The van der Waals surface area contributed by atoms with Gasteiger partial charge in [-0.15, -0.1) is 0 Å². The zero-order valence-corrected chi connectivity index (χ0v) is 29.3. The number of amides is 2. The van der Waals surface area contributed by atoms with E-state index in [-0.39, 0.29) is 37.1 Å². The highest BCUT2D eigenvalue weighted by Gasteiger charge is 2.34. The van der Waals surface area contributed by atoms with Crippen molar-refractivity contribution in [3.63, 3.8) is 0 Å². The Hall–Kier alpha value is -4.78. The van der Waals surface area contributed by atoms with E-state index in [0.717, 1.165) is 11.1 Å². The molecule has 4 rings (SSSR count). The number of sulfonamides is 1. The minimum Gasteiger partial charge on any atom is -0.443 e. The number of benzene rings is 3. The topological polar surface area (TPSA) is 164 Å². The second-order valence-electron chi connectivity index (χ2n) is 12.5. The second kappa shape index (κ2) is 18.8. The Labute approximate surface area is 294 Å². The number of aliphatic hydroxyl groups is 1. The number of anilines is 1. The van der Waals surface area contributed by atoms with Gasteiger partial charge in [-0.25, -0.2) is 13.2 Å². The van der Waals surface area contributed by atoms with Crippen LogP contribution in [0.4, 0.5) is 10.5 Å². The number of carbonyl (C=O) groups is 2. The highest BCUT2D eigenvalue weighted by atomic mass is 32.2. The standard InChI is InChI=1S/C38H47N5O6S/c1-28(2)25-43(50(47,48)34-21-19-31(39)20-22-34)33(26-44)18-10-12-24-41-37(45)36(42-38(46)49-27-32-17-9-11-23-40-32)35(29-13-5-3-6-14-29)30-15-7-4-8-16-30/h3-9,11,13-17,19-23,28,33,35-36,44H,10,12,18,24-27,39H2,1-2H3,(H,41,45)(H,42,46)/t33-,36-/m0/s1. The van der Waals surface area contributed by atoms with Crippen LogP contribution in [0.2, 0.25) is 0 Å². The van der Waals surface area contributed by atoms with Crippen LogP contribution in [0.3, 0.4) is 0 Å². The largest absolute Gasteiger partial charge is 0.443 e. The maximum atomic E-state index is 13.9. The Balaban J connectivity index is 1.45. The number of nitrogens with zero attached hydrogens (tertiary/aromatic N) is 2. The lowest BCUT2D eigenvalue weighted by Crippen LogP contribution is -2.50. The number of aromatic nitrogens is 1. The molecule has 0 spiro atoms. The van der Waals surface area contributed by atoms with Crippen LogP contribution in [-0.2, 0) is 26.2 Å². The number of rotatable bonds is 18. The first-order valence-corrected chi connectivity index (χ1v) is 18.2. The molecule has 11 nitrogen and oxygen atoms in total. The molecule has 2 amide bonds. The van der Waals surface area contributed by atoms with Crippen molar-refractivity contribution in [1.82, 2.24) is 19.9 Å². The van der Waals surface area contributed by atoms with E-state index in [1.165, 1.54) is 16.4 Å². The number of alkyl carbamates (subject to hydrolysis) is 1. The van der Waals surface area contributed by atoms with Gasteiger partial charge in [0.15, 0.2) is 0 Å². The van der Waals surface area contributed by atoms with Crippen LogP contribution in [0.15, 0.2) is 114 Å². The number of ether oxygens (including phenoxy) is 1. The third-order valence-electron chi connectivity index (χ3n) is 8.20. The minimum atomic E-state index is -3.90. The van der Waals surface area contributed by atoms with Gasteiger partial charge >= 0.3 is 6.09 Å². The number of unbranched alkanes of at least 4 members (excludes halogenated alkanes) is 1. The fourth-order valence-electron chi connectivity index (χ4n) is 5.72. The highest BCUT2D eigenvalue weighted by Crippen LogP contribution is 2.29. The number of pyridine rings is 1. The summed E-state index contributed by atoms with van der Waals surface area (Å²) < 4.78 is 34.0. The molecular weight excluding hydrogens is 655 g/mol. The van der Waals surface area contributed by atoms with Crippen LogP contribution < -0.4 is 16.4 Å². The van der Waals surface area contributed by atoms with E-state index in [1.807, 2.05) is 74.5 Å². The third kappa shape index (κ3) is 10.9. The molecule has 0 bridgehead atoms. The lowest BCUT2D eigenvalue weighted by molar-refractivity contribution is -0.123. The van der Waals surface area contributed by atoms with Gasteiger partial charge in [-0.2, -0.15) is 4.31 Å². The molecule has 1 heterocycles. The number of nitrogens with one attached hydrogen (secondary N) is 2. The summed E-state index contributed by atoms with van der Waals surface area (Å²) in [4.78, 5) is 31.3. The average molecular weight is 702 g/mol. The smallest absolute Gasteiger partial charge is 0.408 e. The Bertz CT molecular complexity index is 1690. The molecule has 0 fully saturated rings. The van der Waals surface area contributed by atoms with E-state index >= 15 is 0 Å². The molecule has 12 heteroatoms. The molecule has 3 aromatic carbocycles. The maximum Gasteiger partial charge on any atom is 0.408 e. The van der Waals surface area contributed by atoms with Gasteiger partial charge in [-0.05, 0) is 66.3 Å². The lowest BCUT2D eigenvalue weighted by Gasteiger charge is -2.31. The Morgan fingerprint density at radius 2 is 1.50 bits per heavy atom. The summed E-state index contributed by atoms with van der Waals surface area (Å²) >= 11 is 0. The summed E-state index contributed by atoms with van der Waals surface area (Å²) in [5, 5.41) is 16.1. The van der Waals surface area contributed by atoms with Gasteiger partial charge in [-0.1, -0.05) is 87.0 Å². The Kier molecular flexibility index (Phi) is 14.3. The summed E-state index contributed by atoms with van der Waals surface area (Å²) in [7, 11) is -3.90. The molecule has 0 radical (unpaired) electrons. The van der Waals surface area contributed by atoms with Crippen molar-refractivity contribution < 1.29 is 27.9 Å². The van der Waals surface area contributed by atoms with Gasteiger partial charge in [0, 0.05) is 36.9 Å². The number of carbonyl (C=O) groups excluding carboxylic acids is 2. The van der Waals surface area contributed by atoms with Crippen molar-refractivity contribution in [2.45, 2.75) is 62.6 Å². The normalized spacial score (nSPS) is 12.8. The van der Waals surface area contributed by atoms with Crippen molar-refractivity contribution >= 4 is 27.7 Å². The van der Waals surface area contributed by atoms with E-state index in [0.29, 0.717) is 30.6 Å². The first-order valence-electron chi connectivity index (χ1n) is 16.8. The predicted molar refractivity (Wildman–Crippen MR) is 193 cm³/mol. The zero-order chi connectivity index (χ0) is 35.9. The highest BCUT2D eigenvalue weighted by molar-refractivity contribution is 7.89. The van der Waals surface area contributed by atoms with Crippen molar-refractivity contribution in [1.29, 1.82) is 0 Å². The second-order valence-corrected chi connectivity index (χ2v) is 14.4. The number of hydrogen-bond acceptors (Lipinski definition) is 8. The SMILES string of the molecule is CC(C)CN([C@H](CO)CCCCNC(=O)[C@@H](NC(=O)OCc1ccccn1)C(c1ccccc1)c1ccccc1)S(=O)(=O)c1ccc(N)cc1. The first-order chi connectivity index (χ1) is 24.1. The molecular formula is C38H47N5O6S. The van der Waals surface area contributed by atoms with Gasteiger partial charge in [0.2, 0.25) is 15.9 Å². The van der Waals surface area contributed by atoms with Crippen LogP contribution in [0.25, 0.3) is 0 Å². The molecule has 50 heavy (non-hydrogen) atoms. The van der Waals surface area contributed by atoms with Crippen molar-refractivity contribution in [2.75, 3.05) is 25.4 Å². The fourth-order valence-corrected chi connectivity index (χ4v) is 7.53. The minimum absolute atomic E-state index is 0.0224. The van der Waals surface area contributed by atoms with Gasteiger partial charge in [-0.3, -0.25) is 9.78 Å². The molecule has 4 aromatic rings. The van der Waals surface area contributed by atoms with Crippen LogP contribution in [0.5, 0.6) is 0 Å². The molecule has 0 saturated carbocycles. The molecule has 0 aliphatic heterocycles. The first kappa shape index (κ1) is 38.0. The van der Waals surface area contributed by atoms with Crippen molar-refractivity contribution in [3.05, 3.63) is 126 Å². The van der Waals surface area contributed by atoms with Crippen LogP contribution in [0.1, 0.15) is 55.8 Å². The summed E-state index contributed by atoms with van der Waals surface area (Å²) in [6.45, 7) is 3.94. The lowest BCUT2D eigenvalue weighted by atomic mass is 9.84. The molecule has 0 aliphatic rings. The summed E-state index contributed by atoms with van der Waals surface area (Å²) in [5.74, 6) is -0.903. The third-order valence-corrected chi connectivity index (χ3v) is 10.1. The number of aliphatic hydroxyl groups excluding tert-OH is 1. The Morgan fingerprint density at radius 1 is 0.880 bits per heavy atom. The Morgan fingerprint density at radius 3 is 2.06 bits per heavy atom. The summed E-state index contributed by atoms with van der Waals surface area (Å²) in [6, 6.07) is 28.6. The monoisotopic (exact) mass is 701 g/mol. The van der Waals surface area contributed by atoms with E-state index < -0.39 is 40.0 Å². The molecule has 2 atom stereocenters. The number of hydrogen-bond donors (Lipinski definition) is 4. The van der Waals surface area contributed by atoms with Gasteiger partial charge < -0.3 is 26.2 Å². The van der Waals surface area contributed by atoms with Gasteiger partial charge in [0.1, 0.15) is 12.6 Å². The van der Waals surface area contributed by atoms with E-state index in [2.05, 4.69) is 15.6 Å². The van der Waals surface area contributed by atoms with E-state index in [4.69, 9.17) is 10.5 Å². The number of nitrogens with two attached hydrogens (primary N) is 1. The molecule has 266 valence electrons. The summed E-state index contributed by atoms with van der Waals surface area (Å²) in [6.07, 6.45) is 2.27. The van der Waals surface area contributed by atoms with Crippen LogP contribution in [-0.4, -0.2) is 66.6 Å². The van der Waals surface area contributed by atoms with Crippen LogP contribution in [0, 0.1) is 5.92 Å². The van der Waals surface area contributed by atoms with E-state index in [1.54, 1.807) is 36.5 Å². The van der Waals surface area contributed by atoms with Crippen molar-refractivity contribution in [2.24, 2.45) is 5.92 Å². The molecule has 0 unspecified atom stereocenters. The summed E-state index contributed by atoms with van der Waals surface area (Å²) in [5.41, 5.74) is 8.47. The molecule has 0 saturated heterocycles. The average Bonchev–Trinajstić information content (AvgIpc) is 3.12. The quantitative estimate of drug-likeness (QED) is 0.0824. The number of nitrogen functional groups attached to an aromatic ring is 1. The van der Waals surface area contributed by atoms with Gasteiger partial charge in [0.05, 0.1) is 17.2 Å². The molecule has 1 aromatic heterocycles. The zero-order valence-electron chi connectivity index (χ0n) is 28.5. The molecule has 0 aliphatic carbocycles. The van der Waals surface area contributed by atoms with Crippen molar-refractivity contribution in [3.8, 4) is 0 Å². The molecule has 5 N–H and O–H groups in total. The fraction of sp³-hybridized carbons (Fsp3) is 0.342. The maximum absolute atomic E-state index is 13.9. The predicted octanol–water partition coefficient (Wildman–Crippen LogP) is 5.09. The van der Waals surface area contributed by atoms with Crippen LogP contribution >= 0.6 is 0 Å². The van der Waals surface area contributed by atoms with E-state index in [9.17, 15) is 23.1 Å².